The smallest absolute Gasteiger partial charge is 0.269 e. The number of benzene rings is 2. The Morgan fingerprint density at radius 3 is 2.48 bits per heavy atom. The highest BCUT2D eigenvalue weighted by Gasteiger charge is 2.14. The fraction of sp³-hybridized carbons (Fsp3) is 0.0625. The zero-order valence-electron chi connectivity index (χ0n) is 11.9. The monoisotopic (exact) mass is 329 g/mol. The maximum atomic E-state index is 12.0. The minimum Gasteiger partial charge on any atom is -0.297 e. The quantitative estimate of drug-likeness (QED) is 0.566. The molecule has 0 saturated heterocycles. The van der Waals surface area contributed by atoms with E-state index in [0.29, 0.717) is 28.3 Å². The van der Waals surface area contributed by atoms with Crippen LogP contribution in [-0.2, 0) is 6.42 Å². The number of nitro groups is 1. The lowest BCUT2D eigenvalue weighted by Crippen LogP contribution is -2.06. The summed E-state index contributed by atoms with van der Waals surface area (Å²) in [5.74, 6) is 0. The highest BCUT2D eigenvalue weighted by molar-refractivity contribution is 6.30. The molecule has 7 heteroatoms. The number of halogens is 1. The molecule has 0 amide bonds. The average Bonchev–Trinajstić information content (AvgIpc) is 2.88. The summed E-state index contributed by atoms with van der Waals surface area (Å²) in [4.78, 5) is 22.3. The van der Waals surface area contributed by atoms with Gasteiger partial charge in [-0.3, -0.25) is 25.1 Å². The Morgan fingerprint density at radius 1 is 1.09 bits per heavy atom. The average molecular weight is 330 g/mol. The molecule has 0 spiro atoms. The Bertz CT molecular complexity index is 913. The molecule has 6 nitrogen and oxygen atoms in total. The van der Waals surface area contributed by atoms with Gasteiger partial charge < -0.3 is 0 Å². The van der Waals surface area contributed by atoms with E-state index >= 15 is 0 Å². The van der Waals surface area contributed by atoms with E-state index in [9.17, 15) is 14.9 Å². The number of aromatic amines is 2. The molecule has 0 bridgehead atoms. The number of hydrogen-bond donors (Lipinski definition) is 2. The molecule has 1 heterocycles. The number of nitrogens with one attached hydrogen (secondary N) is 2. The first kappa shape index (κ1) is 15.1. The first-order valence-electron chi connectivity index (χ1n) is 6.83. The first-order valence-corrected chi connectivity index (χ1v) is 7.21. The van der Waals surface area contributed by atoms with Crippen LogP contribution in [0.5, 0.6) is 0 Å². The third kappa shape index (κ3) is 3.17. The van der Waals surface area contributed by atoms with Crippen LogP contribution in [0, 0.1) is 10.1 Å². The second-order valence-corrected chi connectivity index (χ2v) is 5.48. The molecule has 116 valence electrons. The van der Waals surface area contributed by atoms with Crippen molar-refractivity contribution < 1.29 is 4.92 Å². The molecule has 0 unspecified atom stereocenters. The molecule has 3 rings (SSSR count). The van der Waals surface area contributed by atoms with Gasteiger partial charge in [0.25, 0.3) is 11.2 Å². The highest BCUT2D eigenvalue weighted by Crippen LogP contribution is 2.24. The van der Waals surface area contributed by atoms with Gasteiger partial charge in [-0.05, 0) is 29.8 Å². The lowest BCUT2D eigenvalue weighted by atomic mass is 10.0. The topological polar surface area (TPSA) is 91.8 Å². The molecule has 0 radical (unpaired) electrons. The van der Waals surface area contributed by atoms with Crippen LogP contribution in [0.1, 0.15) is 11.1 Å². The number of nitrogens with zero attached hydrogens (tertiary/aromatic N) is 1. The Balaban J connectivity index is 1.98. The van der Waals surface area contributed by atoms with Gasteiger partial charge in [0.2, 0.25) is 0 Å². The maximum absolute atomic E-state index is 12.0. The van der Waals surface area contributed by atoms with Gasteiger partial charge in [-0.15, -0.1) is 0 Å². The summed E-state index contributed by atoms with van der Waals surface area (Å²) in [6, 6.07) is 13.3. The summed E-state index contributed by atoms with van der Waals surface area (Å²) in [7, 11) is 0. The van der Waals surface area contributed by atoms with E-state index < -0.39 is 4.92 Å². The molecule has 23 heavy (non-hydrogen) atoms. The van der Waals surface area contributed by atoms with Gasteiger partial charge in [0, 0.05) is 34.7 Å². The fourth-order valence-electron chi connectivity index (χ4n) is 2.40. The Morgan fingerprint density at radius 2 is 1.83 bits per heavy atom. The van der Waals surface area contributed by atoms with Crippen LogP contribution in [0.4, 0.5) is 5.69 Å². The van der Waals surface area contributed by atoms with Crippen molar-refractivity contribution in [1.29, 1.82) is 0 Å². The Hall–Kier alpha value is -2.86. The predicted octanol–water partition coefficient (Wildman–Crippen LogP) is 3.52. The van der Waals surface area contributed by atoms with Crippen molar-refractivity contribution in [2.75, 3.05) is 0 Å². The number of aromatic nitrogens is 2. The molecule has 0 aliphatic carbocycles. The van der Waals surface area contributed by atoms with Crippen LogP contribution >= 0.6 is 11.6 Å². The van der Waals surface area contributed by atoms with Gasteiger partial charge in [-0.1, -0.05) is 23.7 Å². The Labute approximate surface area is 135 Å². The van der Waals surface area contributed by atoms with Crippen LogP contribution < -0.4 is 5.56 Å². The molecular weight excluding hydrogens is 318 g/mol. The molecule has 1 aromatic heterocycles. The second kappa shape index (κ2) is 6.10. The van der Waals surface area contributed by atoms with Crippen LogP contribution in [-0.4, -0.2) is 15.1 Å². The van der Waals surface area contributed by atoms with Crippen molar-refractivity contribution in [3.63, 3.8) is 0 Å². The molecule has 0 aliphatic heterocycles. The number of nitro benzene ring substituents is 1. The maximum Gasteiger partial charge on any atom is 0.269 e. The highest BCUT2D eigenvalue weighted by atomic mass is 35.5. The van der Waals surface area contributed by atoms with Crippen LogP contribution in [0.3, 0.4) is 0 Å². The van der Waals surface area contributed by atoms with E-state index in [1.165, 1.54) is 12.1 Å². The summed E-state index contributed by atoms with van der Waals surface area (Å²) < 4.78 is 0. The minimum absolute atomic E-state index is 0.00280. The summed E-state index contributed by atoms with van der Waals surface area (Å²) in [5, 5.41) is 16.7. The van der Waals surface area contributed by atoms with Gasteiger partial charge in [-0.2, -0.15) is 0 Å². The van der Waals surface area contributed by atoms with Gasteiger partial charge in [0.1, 0.15) is 0 Å². The zero-order chi connectivity index (χ0) is 16.4. The van der Waals surface area contributed by atoms with Gasteiger partial charge in [0.15, 0.2) is 0 Å². The lowest BCUT2D eigenvalue weighted by molar-refractivity contribution is -0.384. The van der Waals surface area contributed by atoms with Gasteiger partial charge in [0.05, 0.1) is 10.6 Å². The molecular formula is C16H12ClN3O3. The van der Waals surface area contributed by atoms with Gasteiger partial charge >= 0.3 is 0 Å². The summed E-state index contributed by atoms with van der Waals surface area (Å²) >= 11 is 5.97. The van der Waals surface area contributed by atoms with E-state index in [2.05, 4.69) is 10.2 Å². The lowest BCUT2D eigenvalue weighted by Gasteiger charge is -2.04. The summed E-state index contributed by atoms with van der Waals surface area (Å²) in [5.41, 5.74) is 2.56. The van der Waals surface area contributed by atoms with Crippen molar-refractivity contribution in [3.05, 3.63) is 85.1 Å². The number of hydrogen-bond acceptors (Lipinski definition) is 3. The fourth-order valence-corrected chi connectivity index (χ4v) is 2.61. The van der Waals surface area contributed by atoms with Crippen molar-refractivity contribution in [1.82, 2.24) is 10.2 Å². The van der Waals surface area contributed by atoms with Gasteiger partial charge in [-0.25, -0.2) is 0 Å². The largest absolute Gasteiger partial charge is 0.297 e. The number of H-pyrrole nitrogens is 2. The predicted molar refractivity (Wildman–Crippen MR) is 87.8 cm³/mol. The molecule has 0 fully saturated rings. The minimum atomic E-state index is -0.462. The number of rotatable bonds is 4. The second-order valence-electron chi connectivity index (χ2n) is 5.04. The molecule has 0 aliphatic rings. The standard InChI is InChI=1S/C16H12ClN3O3/c17-12-3-1-2-10(8-12)9-14-15(18-19-16(14)21)11-4-6-13(7-5-11)20(22)23/h1-8H,9H2,(H2,18,19,21). The van der Waals surface area contributed by atoms with Crippen molar-refractivity contribution in [2.45, 2.75) is 6.42 Å². The summed E-state index contributed by atoms with van der Waals surface area (Å²) in [6.07, 6.45) is 0.408. The third-order valence-corrected chi connectivity index (χ3v) is 3.75. The first-order chi connectivity index (χ1) is 11.0. The SMILES string of the molecule is O=c1[nH][nH]c(-c2ccc([N+](=O)[O-])cc2)c1Cc1cccc(Cl)c1. The van der Waals surface area contributed by atoms with E-state index in [-0.39, 0.29) is 11.2 Å². The molecule has 3 aromatic rings. The Kier molecular flexibility index (Phi) is 3.99. The van der Waals surface area contributed by atoms with Crippen LogP contribution in [0.2, 0.25) is 5.02 Å². The molecule has 2 N–H and O–H groups in total. The number of non-ortho nitro benzene ring substituents is 1. The van der Waals surface area contributed by atoms with Crippen LogP contribution in [0.15, 0.2) is 53.3 Å². The van der Waals surface area contributed by atoms with E-state index in [0.717, 1.165) is 5.56 Å². The molecule has 2 aromatic carbocycles. The van der Waals surface area contributed by atoms with Crippen molar-refractivity contribution >= 4 is 17.3 Å². The zero-order valence-corrected chi connectivity index (χ0v) is 12.6. The van der Waals surface area contributed by atoms with Crippen molar-refractivity contribution in [2.24, 2.45) is 0 Å². The third-order valence-electron chi connectivity index (χ3n) is 3.51. The van der Waals surface area contributed by atoms with E-state index in [4.69, 9.17) is 11.6 Å². The van der Waals surface area contributed by atoms with E-state index in [1.54, 1.807) is 24.3 Å². The van der Waals surface area contributed by atoms with Crippen LogP contribution in [0.25, 0.3) is 11.3 Å². The summed E-state index contributed by atoms with van der Waals surface area (Å²) in [6.45, 7) is 0. The normalized spacial score (nSPS) is 10.7. The molecule has 0 saturated carbocycles. The molecule has 0 atom stereocenters. The van der Waals surface area contributed by atoms with E-state index in [1.807, 2.05) is 12.1 Å². The van der Waals surface area contributed by atoms with Crippen molar-refractivity contribution in [3.8, 4) is 11.3 Å².